The minimum Gasteiger partial charge on any atom is -0.467 e. The number of benzene rings is 2. The predicted molar refractivity (Wildman–Crippen MR) is 118 cm³/mol. The molecule has 0 aliphatic heterocycles. The first-order valence-corrected chi connectivity index (χ1v) is 10.2. The Morgan fingerprint density at radius 1 is 0.970 bits per heavy atom. The third-order valence-electron chi connectivity index (χ3n) is 5.03. The topological polar surface area (TPSA) is 65.8 Å². The molecular weight excluding hydrogens is 435 g/mol. The minimum atomic E-state index is -4.39. The number of hydrogen-bond donors (Lipinski definition) is 1. The molecule has 33 heavy (non-hydrogen) atoms. The largest absolute Gasteiger partial charge is 0.467 e. The summed E-state index contributed by atoms with van der Waals surface area (Å²) in [5, 5.41) is 2.76. The summed E-state index contributed by atoms with van der Waals surface area (Å²) in [6, 6.07) is 15.0. The van der Waals surface area contributed by atoms with E-state index in [9.17, 15) is 22.8 Å². The molecule has 0 aliphatic rings. The molecule has 0 aliphatic carbocycles. The Bertz CT molecular complexity index is 1080. The van der Waals surface area contributed by atoms with Crippen molar-refractivity contribution in [1.82, 2.24) is 10.2 Å². The number of carbonyl (C=O) groups excluding carboxylic acids is 2. The molecule has 2 amide bonds. The van der Waals surface area contributed by atoms with Crippen LogP contribution >= 0.6 is 0 Å². The van der Waals surface area contributed by atoms with Gasteiger partial charge in [0.25, 0.3) is 5.91 Å². The average Bonchev–Trinajstić information content (AvgIpc) is 3.30. The van der Waals surface area contributed by atoms with Gasteiger partial charge in [-0.1, -0.05) is 24.3 Å². The van der Waals surface area contributed by atoms with Gasteiger partial charge in [0.15, 0.2) is 0 Å². The van der Waals surface area contributed by atoms with Crippen LogP contribution in [0, 0.1) is 0 Å². The van der Waals surface area contributed by atoms with Crippen molar-refractivity contribution >= 4 is 17.5 Å². The molecule has 174 valence electrons. The van der Waals surface area contributed by atoms with E-state index in [-0.39, 0.29) is 24.9 Å². The number of amides is 2. The predicted octanol–water partition coefficient (Wildman–Crippen LogP) is 4.32. The van der Waals surface area contributed by atoms with E-state index in [2.05, 4.69) is 5.32 Å². The van der Waals surface area contributed by atoms with Gasteiger partial charge in [-0.15, -0.1) is 0 Å². The third-order valence-corrected chi connectivity index (χ3v) is 5.03. The molecule has 0 radical (unpaired) electrons. The first-order chi connectivity index (χ1) is 15.6. The first-order valence-electron chi connectivity index (χ1n) is 10.2. The Hall–Kier alpha value is -3.59. The molecule has 0 fully saturated rings. The smallest absolute Gasteiger partial charge is 0.416 e. The van der Waals surface area contributed by atoms with Gasteiger partial charge in [0, 0.05) is 13.6 Å². The molecule has 6 nitrogen and oxygen atoms in total. The minimum absolute atomic E-state index is 0.0138. The van der Waals surface area contributed by atoms with Gasteiger partial charge in [-0.05, 0) is 49.0 Å². The van der Waals surface area contributed by atoms with Crippen LogP contribution in [0.1, 0.15) is 27.2 Å². The number of rotatable bonds is 8. The molecule has 1 aromatic heterocycles. The Morgan fingerprint density at radius 3 is 2.30 bits per heavy atom. The van der Waals surface area contributed by atoms with Gasteiger partial charge in [-0.3, -0.25) is 14.5 Å². The number of likely N-dealkylation sites (N-methyl/N-ethyl adjacent to an activating group) is 2. The van der Waals surface area contributed by atoms with Gasteiger partial charge in [-0.2, -0.15) is 13.2 Å². The first kappa shape index (κ1) is 24.1. The number of nitrogens with zero attached hydrogens (tertiary/aromatic N) is 2. The maximum Gasteiger partial charge on any atom is 0.416 e. The van der Waals surface area contributed by atoms with E-state index in [4.69, 9.17) is 4.42 Å². The van der Waals surface area contributed by atoms with Crippen molar-refractivity contribution in [1.29, 1.82) is 0 Å². The average molecular weight is 459 g/mol. The number of carbonyl (C=O) groups is 2. The van der Waals surface area contributed by atoms with E-state index in [0.717, 1.165) is 12.1 Å². The van der Waals surface area contributed by atoms with Crippen molar-refractivity contribution in [2.24, 2.45) is 0 Å². The van der Waals surface area contributed by atoms with Crippen LogP contribution in [-0.4, -0.2) is 37.4 Å². The van der Waals surface area contributed by atoms with Crippen LogP contribution < -0.4 is 10.2 Å². The zero-order valence-corrected chi connectivity index (χ0v) is 18.2. The monoisotopic (exact) mass is 459 g/mol. The van der Waals surface area contributed by atoms with Crippen molar-refractivity contribution in [3.63, 3.8) is 0 Å². The van der Waals surface area contributed by atoms with E-state index < -0.39 is 11.7 Å². The molecule has 3 aromatic rings. The number of furan rings is 1. The van der Waals surface area contributed by atoms with Crippen LogP contribution in [0.25, 0.3) is 0 Å². The van der Waals surface area contributed by atoms with Crippen molar-refractivity contribution in [3.05, 3.63) is 89.4 Å². The second-order valence-corrected chi connectivity index (χ2v) is 7.60. The molecule has 3 rings (SSSR count). The number of para-hydroxylation sites is 1. The highest BCUT2D eigenvalue weighted by molar-refractivity contribution is 6.04. The fraction of sp³-hybridized carbons (Fsp3) is 0.250. The fourth-order valence-electron chi connectivity index (χ4n) is 3.27. The molecular formula is C24H24F3N3O3. The third kappa shape index (κ3) is 6.45. The lowest BCUT2D eigenvalue weighted by atomic mass is 10.1. The highest BCUT2D eigenvalue weighted by Crippen LogP contribution is 2.29. The van der Waals surface area contributed by atoms with Crippen molar-refractivity contribution < 1.29 is 27.2 Å². The molecule has 0 atom stereocenters. The van der Waals surface area contributed by atoms with E-state index in [1.165, 1.54) is 23.3 Å². The molecule has 0 unspecified atom stereocenters. The number of alkyl halides is 3. The highest BCUT2D eigenvalue weighted by atomic mass is 19.4. The summed E-state index contributed by atoms with van der Waals surface area (Å²) in [7, 11) is 3.28. The van der Waals surface area contributed by atoms with Crippen molar-refractivity contribution in [3.8, 4) is 0 Å². The van der Waals surface area contributed by atoms with Crippen LogP contribution in [0.2, 0.25) is 0 Å². The second kappa shape index (κ2) is 10.4. The van der Waals surface area contributed by atoms with Crippen LogP contribution in [-0.2, 0) is 24.1 Å². The summed E-state index contributed by atoms with van der Waals surface area (Å²) in [5.74, 6) is -0.00870. The lowest BCUT2D eigenvalue weighted by Gasteiger charge is -2.24. The number of nitrogens with one attached hydrogen (secondary N) is 1. The lowest BCUT2D eigenvalue weighted by molar-refractivity contribution is -0.137. The summed E-state index contributed by atoms with van der Waals surface area (Å²) in [4.78, 5) is 28.6. The summed E-state index contributed by atoms with van der Waals surface area (Å²) in [6.45, 7) is 0.524. The Balaban J connectivity index is 1.62. The normalized spacial score (nSPS) is 11.5. The van der Waals surface area contributed by atoms with Crippen molar-refractivity contribution in [2.75, 3.05) is 25.5 Å². The van der Waals surface area contributed by atoms with Gasteiger partial charge in [-0.25, -0.2) is 0 Å². The Kier molecular flexibility index (Phi) is 7.55. The van der Waals surface area contributed by atoms with Gasteiger partial charge in [0.2, 0.25) is 5.91 Å². The molecule has 0 spiro atoms. The molecule has 1 heterocycles. The number of halogens is 3. The maximum atomic E-state index is 12.8. The molecule has 9 heteroatoms. The fourth-order valence-corrected chi connectivity index (χ4v) is 3.27. The molecule has 0 saturated heterocycles. The van der Waals surface area contributed by atoms with Gasteiger partial charge in [0.1, 0.15) is 5.76 Å². The van der Waals surface area contributed by atoms with E-state index in [1.807, 2.05) is 0 Å². The summed E-state index contributed by atoms with van der Waals surface area (Å²) < 4.78 is 43.4. The highest BCUT2D eigenvalue weighted by Gasteiger charge is 2.30. The van der Waals surface area contributed by atoms with Crippen LogP contribution in [0.5, 0.6) is 0 Å². The number of anilines is 1. The SMILES string of the molecule is CN(CC(=O)N(C)c1ccccc1C(=O)NCc1ccco1)Cc1ccc(C(F)(F)F)cc1. The molecule has 1 N–H and O–H groups in total. The lowest BCUT2D eigenvalue weighted by Crippen LogP contribution is -2.37. The van der Waals surface area contributed by atoms with E-state index in [1.54, 1.807) is 55.4 Å². The van der Waals surface area contributed by atoms with Crippen LogP contribution in [0.4, 0.5) is 18.9 Å². The summed E-state index contributed by atoms with van der Waals surface area (Å²) in [5.41, 5.74) is 0.720. The Labute approximate surface area is 189 Å². The molecule has 0 bridgehead atoms. The van der Waals surface area contributed by atoms with Gasteiger partial charge >= 0.3 is 6.18 Å². The Morgan fingerprint density at radius 2 is 1.67 bits per heavy atom. The van der Waals surface area contributed by atoms with E-state index in [0.29, 0.717) is 29.1 Å². The quantitative estimate of drug-likeness (QED) is 0.545. The van der Waals surface area contributed by atoms with Crippen LogP contribution in [0.15, 0.2) is 71.3 Å². The van der Waals surface area contributed by atoms with Gasteiger partial charge < -0.3 is 14.6 Å². The van der Waals surface area contributed by atoms with E-state index >= 15 is 0 Å². The summed E-state index contributed by atoms with van der Waals surface area (Å²) >= 11 is 0. The van der Waals surface area contributed by atoms with Gasteiger partial charge in [0.05, 0.1) is 36.2 Å². The van der Waals surface area contributed by atoms with Crippen LogP contribution in [0.3, 0.4) is 0 Å². The second-order valence-electron chi connectivity index (χ2n) is 7.60. The zero-order valence-electron chi connectivity index (χ0n) is 18.2. The standard InChI is InChI=1S/C24H24F3N3O3/c1-29(15-17-9-11-18(12-10-17)24(25,26)27)16-22(31)30(2)21-8-4-3-7-20(21)23(32)28-14-19-6-5-13-33-19/h3-13H,14-16H2,1-2H3,(H,28,32). The summed E-state index contributed by atoms with van der Waals surface area (Å²) in [6.07, 6.45) is -2.87. The molecule has 2 aromatic carbocycles. The number of hydrogen-bond acceptors (Lipinski definition) is 4. The zero-order chi connectivity index (χ0) is 24.0. The van der Waals surface area contributed by atoms with Crippen molar-refractivity contribution in [2.45, 2.75) is 19.3 Å². The maximum absolute atomic E-state index is 12.8. The molecule has 0 saturated carbocycles.